The number of hydrogen-bond donors (Lipinski definition) is 5. The Kier molecular flexibility index (Phi) is 37.3. The van der Waals surface area contributed by atoms with Crippen LogP contribution in [0.1, 0.15) is 151 Å². The normalized spacial score (nSPS) is 10.7. The third kappa shape index (κ3) is 33.9. The Labute approximate surface area is 263 Å². The Morgan fingerprint density at radius 1 is 0.558 bits per heavy atom. The fourth-order valence-electron chi connectivity index (χ4n) is 4.04. The summed E-state index contributed by atoms with van der Waals surface area (Å²) < 4.78 is 0. The van der Waals surface area contributed by atoms with Crippen molar-refractivity contribution >= 4 is 29.4 Å². The molecule has 0 radical (unpaired) electrons. The molecule has 0 aromatic heterocycles. The van der Waals surface area contributed by atoms with Gasteiger partial charge in [-0.05, 0) is 71.3 Å². The van der Waals surface area contributed by atoms with Crippen LogP contribution in [0.15, 0.2) is 0 Å². The standard InChI is InChI=1S/C29H55N5O5.2C2H6/c1-3-4-7-18-28(38)34-25(16-10-13-22-32-27(37)19-14-20-30)29(39)33-23-12-6-9-17-26(36)31-21-11-5-8-15-24(2)35;2*1-2/h25H,3-23,30H2,1-2H3,(H,31,36)(H,32,37)(H,33,39)(H,34,38);2*1-2H3. The van der Waals surface area contributed by atoms with Crippen LogP contribution in [-0.2, 0) is 24.0 Å². The number of nitrogens with two attached hydrogens (primary N) is 1. The van der Waals surface area contributed by atoms with Crippen molar-refractivity contribution < 1.29 is 24.0 Å². The predicted octanol–water partition coefficient (Wildman–Crippen LogP) is 5.07. The summed E-state index contributed by atoms with van der Waals surface area (Å²) in [6.07, 6.45) is 12.3. The molecule has 0 saturated heterocycles. The molecule has 254 valence electrons. The summed E-state index contributed by atoms with van der Waals surface area (Å²) >= 11 is 0. The maximum Gasteiger partial charge on any atom is 0.242 e. The van der Waals surface area contributed by atoms with Gasteiger partial charge in [-0.15, -0.1) is 0 Å². The number of amides is 4. The molecule has 0 rings (SSSR count). The fraction of sp³-hybridized carbons (Fsp3) is 0.848. The zero-order valence-electron chi connectivity index (χ0n) is 28.5. The topological polar surface area (TPSA) is 159 Å². The molecule has 6 N–H and O–H groups in total. The van der Waals surface area contributed by atoms with Crippen LogP contribution in [0, 0.1) is 0 Å². The Morgan fingerprint density at radius 3 is 1.56 bits per heavy atom. The monoisotopic (exact) mass is 614 g/mol. The van der Waals surface area contributed by atoms with E-state index in [4.69, 9.17) is 5.73 Å². The molecule has 10 heteroatoms. The van der Waals surface area contributed by atoms with Crippen molar-refractivity contribution in [3.63, 3.8) is 0 Å². The van der Waals surface area contributed by atoms with Gasteiger partial charge in [-0.1, -0.05) is 60.3 Å². The van der Waals surface area contributed by atoms with Gasteiger partial charge in [0.1, 0.15) is 11.8 Å². The first-order chi connectivity index (χ1) is 20.8. The molecular formula is C33H67N5O5. The fourth-order valence-corrected chi connectivity index (χ4v) is 4.04. The Hall–Kier alpha value is -2.49. The number of carbonyl (C=O) groups is 5. The molecule has 0 aromatic rings. The van der Waals surface area contributed by atoms with E-state index < -0.39 is 6.04 Å². The van der Waals surface area contributed by atoms with Crippen LogP contribution in [0.25, 0.3) is 0 Å². The van der Waals surface area contributed by atoms with Gasteiger partial charge in [0.05, 0.1) is 0 Å². The summed E-state index contributed by atoms with van der Waals surface area (Å²) in [4.78, 5) is 59.7. The van der Waals surface area contributed by atoms with Crippen LogP contribution < -0.4 is 27.0 Å². The van der Waals surface area contributed by atoms with E-state index in [2.05, 4.69) is 28.2 Å². The zero-order chi connectivity index (χ0) is 33.1. The van der Waals surface area contributed by atoms with Crippen molar-refractivity contribution in [3.8, 4) is 0 Å². The molecule has 0 bridgehead atoms. The van der Waals surface area contributed by atoms with E-state index in [1.807, 2.05) is 27.7 Å². The van der Waals surface area contributed by atoms with Crippen LogP contribution in [-0.4, -0.2) is 61.6 Å². The lowest BCUT2D eigenvalue weighted by Gasteiger charge is -2.19. The first kappa shape index (κ1) is 44.9. The molecule has 1 unspecified atom stereocenters. The van der Waals surface area contributed by atoms with E-state index in [0.29, 0.717) is 71.1 Å². The molecule has 0 aromatic carbocycles. The number of hydrogen-bond acceptors (Lipinski definition) is 6. The maximum atomic E-state index is 12.8. The molecule has 0 fully saturated rings. The summed E-state index contributed by atoms with van der Waals surface area (Å²) in [6, 6.07) is -0.590. The lowest BCUT2D eigenvalue weighted by atomic mass is 10.1. The molecule has 0 aliphatic carbocycles. The molecule has 1 atom stereocenters. The number of unbranched alkanes of at least 4 members (excludes halogenated alkanes) is 7. The van der Waals surface area contributed by atoms with Gasteiger partial charge in [-0.25, -0.2) is 0 Å². The Morgan fingerprint density at radius 2 is 1.02 bits per heavy atom. The first-order valence-electron chi connectivity index (χ1n) is 17.1. The van der Waals surface area contributed by atoms with Crippen molar-refractivity contribution in [2.75, 3.05) is 26.2 Å². The van der Waals surface area contributed by atoms with E-state index in [1.54, 1.807) is 6.92 Å². The van der Waals surface area contributed by atoms with Crippen LogP contribution in [0.5, 0.6) is 0 Å². The second kappa shape index (κ2) is 35.7. The first-order valence-corrected chi connectivity index (χ1v) is 17.1. The van der Waals surface area contributed by atoms with Gasteiger partial charge in [-0.3, -0.25) is 19.2 Å². The van der Waals surface area contributed by atoms with E-state index in [0.717, 1.165) is 64.2 Å². The van der Waals surface area contributed by atoms with Gasteiger partial charge in [0.15, 0.2) is 0 Å². The van der Waals surface area contributed by atoms with E-state index in [9.17, 15) is 24.0 Å². The highest BCUT2D eigenvalue weighted by atomic mass is 16.2. The minimum Gasteiger partial charge on any atom is -0.356 e. The van der Waals surface area contributed by atoms with Crippen LogP contribution in [0.3, 0.4) is 0 Å². The summed E-state index contributed by atoms with van der Waals surface area (Å²) in [7, 11) is 0. The van der Waals surface area contributed by atoms with Gasteiger partial charge in [-0.2, -0.15) is 0 Å². The maximum absolute atomic E-state index is 12.8. The Bertz CT molecular complexity index is 703. The lowest BCUT2D eigenvalue weighted by Crippen LogP contribution is -2.47. The molecule has 0 aliphatic rings. The second-order valence-corrected chi connectivity index (χ2v) is 10.3. The Balaban J connectivity index is -0.00000382. The van der Waals surface area contributed by atoms with Crippen molar-refractivity contribution in [3.05, 3.63) is 0 Å². The van der Waals surface area contributed by atoms with Crippen LogP contribution >= 0.6 is 0 Å². The van der Waals surface area contributed by atoms with Gasteiger partial charge in [0.25, 0.3) is 0 Å². The van der Waals surface area contributed by atoms with Crippen molar-refractivity contribution in [2.45, 2.75) is 157 Å². The molecule has 0 spiro atoms. The largest absolute Gasteiger partial charge is 0.356 e. The molecule has 0 aliphatic heterocycles. The average molecular weight is 614 g/mol. The van der Waals surface area contributed by atoms with Gasteiger partial charge < -0.3 is 31.8 Å². The van der Waals surface area contributed by atoms with Gasteiger partial charge in [0, 0.05) is 45.3 Å². The van der Waals surface area contributed by atoms with E-state index in [1.165, 1.54) is 0 Å². The lowest BCUT2D eigenvalue weighted by molar-refractivity contribution is -0.129. The summed E-state index contributed by atoms with van der Waals surface area (Å²) in [5, 5.41) is 11.6. The molecule has 0 heterocycles. The zero-order valence-corrected chi connectivity index (χ0v) is 28.5. The third-order valence-corrected chi connectivity index (χ3v) is 6.42. The highest BCUT2D eigenvalue weighted by Gasteiger charge is 2.20. The van der Waals surface area contributed by atoms with Crippen LogP contribution in [0.2, 0.25) is 0 Å². The quantitative estimate of drug-likeness (QED) is 0.0857. The number of carbonyl (C=O) groups excluding carboxylic acids is 5. The van der Waals surface area contributed by atoms with Gasteiger partial charge in [0.2, 0.25) is 23.6 Å². The van der Waals surface area contributed by atoms with Crippen molar-refractivity contribution in [2.24, 2.45) is 5.73 Å². The van der Waals surface area contributed by atoms with Gasteiger partial charge >= 0.3 is 0 Å². The van der Waals surface area contributed by atoms with Crippen molar-refractivity contribution in [1.29, 1.82) is 0 Å². The molecule has 0 saturated carbocycles. The molecule has 4 amide bonds. The minimum absolute atomic E-state index is 0.0161. The second-order valence-electron chi connectivity index (χ2n) is 10.3. The summed E-state index contributed by atoms with van der Waals surface area (Å²) in [5.41, 5.74) is 5.42. The van der Waals surface area contributed by atoms with Crippen molar-refractivity contribution in [1.82, 2.24) is 21.3 Å². The number of rotatable bonds is 26. The molecule has 10 nitrogen and oxygen atoms in total. The predicted molar refractivity (Wildman–Crippen MR) is 178 cm³/mol. The summed E-state index contributed by atoms with van der Waals surface area (Å²) in [5.74, 6) is -0.0731. The average Bonchev–Trinajstić information content (AvgIpc) is 3.00. The minimum atomic E-state index is -0.590. The van der Waals surface area contributed by atoms with E-state index >= 15 is 0 Å². The molecule has 43 heavy (non-hydrogen) atoms. The third-order valence-electron chi connectivity index (χ3n) is 6.42. The highest BCUT2D eigenvalue weighted by molar-refractivity contribution is 5.87. The number of Topliss-reactive ketones (excluding diaryl/α,β-unsaturated/α-hetero) is 1. The SMILES string of the molecule is CC.CC.CCCCCC(=O)NC(CCCCNC(=O)CCCN)C(=O)NCCCCCC(=O)NCCCCCC(C)=O. The summed E-state index contributed by atoms with van der Waals surface area (Å²) in [6.45, 7) is 13.8. The number of nitrogens with one attached hydrogen (secondary N) is 4. The smallest absolute Gasteiger partial charge is 0.242 e. The highest BCUT2D eigenvalue weighted by Crippen LogP contribution is 2.06. The van der Waals surface area contributed by atoms with E-state index in [-0.39, 0.29) is 29.4 Å². The van der Waals surface area contributed by atoms with Crippen LogP contribution in [0.4, 0.5) is 0 Å². The molecular weight excluding hydrogens is 546 g/mol. The number of ketones is 1.